The molecule has 0 spiro atoms. The summed E-state index contributed by atoms with van der Waals surface area (Å²) in [5, 5.41) is 10.1. The minimum absolute atomic E-state index is 0.0106. The molecule has 13 heteroatoms. The lowest BCUT2D eigenvalue weighted by Gasteiger charge is -2.18. The van der Waals surface area contributed by atoms with E-state index in [4.69, 9.17) is 13.8 Å². The molecular formula is C30H33N6O6P. The van der Waals surface area contributed by atoms with E-state index in [2.05, 4.69) is 9.97 Å². The van der Waals surface area contributed by atoms with Crippen molar-refractivity contribution in [2.45, 2.75) is 13.7 Å². The number of rotatable bonds is 12. The van der Waals surface area contributed by atoms with Gasteiger partial charge < -0.3 is 24.0 Å². The number of hydrogen-bond donors (Lipinski definition) is 1. The first-order valence-corrected chi connectivity index (χ1v) is 14.8. The highest BCUT2D eigenvalue weighted by Gasteiger charge is 2.22. The first-order chi connectivity index (χ1) is 20.5. The van der Waals surface area contributed by atoms with E-state index >= 15 is 0 Å². The highest BCUT2D eigenvalue weighted by atomic mass is 31.2. The summed E-state index contributed by atoms with van der Waals surface area (Å²) in [6, 6.07) is 12.9. The second kappa shape index (κ2) is 13.7. The molecule has 0 radical (unpaired) electrons. The number of benzene rings is 1. The van der Waals surface area contributed by atoms with Gasteiger partial charge in [-0.15, -0.1) is 0 Å². The number of fused-ring (bicyclic) bond motifs is 1. The molecule has 43 heavy (non-hydrogen) atoms. The monoisotopic (exact) mass is 604 g/mol. The van der Waals surface area contributed by atoms with E-state index in [0.29, 0.717) is 40.1 Å². The summed E-state index contributed by atoms with van der Waals surface area (Å²) >= 11 is 0. The second-order valence-corrected chi connectivity index (χ2v) is 11.2. The number of phosphoric acid groups is 1. The van der Waals surface area contributed by atoms with Gasteiger partial charge in [0.1, 0.15) is 29.9 Å². The molecular weight excluding hydrogens is 571 g/mol. The van der Waals surface area contributed by atoms with Gasteiger partial charge in [-0.05, 0) is 62.5 Å². The van der Waals surface area contributed by atoms with Crippen molar-refractivity contribution in [2.75, 3.05) is 46.3 Å². The highest BCUT2D eigenvalue weighted by Crippen LogP contribution is 2.44. The Bertz CT molecular complexity index is 1740. The number of ether oxygens (including phenoxy) is 1. The van der Waals surface area contributed by atoms with Crippen LogP contribution in [-0.4, -0.2) is 71.6 Å². The molecule has 1 atom stereocenters. The summed E-state index contributed by atoms with van der Waals surface area (Å²) in [7, 11) is 2.83. The van der Waals surface area contributed by atoms with Gasteiger partial charge in [0.05, 0.1) is 13.7 Å². The normalized spacial score (nSPS) is 12.9. The Hall–Kier alpha value is -4.37. The fraction of sp³-hybridized carbons (Fsp3) is 0.267. The van der Waals surface area contributed by atoms with Crippen LogP contribution in [0.4, 0.5) is 5.69 Å². The van der Waals surface area contributed by atoms with Crippen LogP contribution in [0.2, 0.25) is 0 Å². The van der Waals surface area contributed by atoms with Crippen molar-refractivity contribution < 1.29 is 28.0 Å². The van der Waals surface area contributed by atoms with Gasteiger partial charge in [-0.2, -0.15) is 5.26 Å². The maximum atomic E-state index is 12.9. The lowest BCUT2D eigenvalue weighted by atomic mass is 10.0. The standard InChI is InChI=1S/C30H33N6O6P/c1-6-41-43(38,39)42-20-36-19-28(21-9-10-32-24(12-21)17-31)27-15-23(18-33-30(27)36)22-13-25(16-26(14-22)40-5)35(4)29(37)8-7-11-34(2)3/h7-10,12-16,18-19H,6,11,20H2,1-5H3,(H,38,39). The first-order valence-electron chi connectivity index (χ1n) is 13.3. The average Bonchev–Trinajstić information content (AvgIpc) is 3.37. The Kier molecular flexibility index (Phi) is 10.1. The van der Waals surface area contributed by atoms with Crippen LogP contribution < -0.4 is 9.64 Å². The van der Waals surface area contributed by atoms with Crippen LogP contribution >= 0.6 is 7.82 Å². The first kappa shape index (κ1) is 31.6. The molecule has 1 amide bonds. The van der Waals surface area contributed by atoms with Gasteiger partial charge in [0, 0.05) is 66.5 Å². The quantitative estimate of drug-likeness (QED) is 0.176. The van der Waals surface area contributed by atoms with Crippen LogP contribution in [0.3, 0.4) is 0 Å². The van der Waals surface area contributed by atoms with Gasteiger partial charge in [0.15, 0.2) is 0 Å². The number of hydrogen-bond acceptors (Lipinski definition) is 9. The molecule has 3 heterocycles. The van der Waals surface area contributed by atoms with E-state index in [1.54, 1.807) is 62.3 Å². The lowest BCUT2D eigenvalue weighted by molar-refractivity contribution is -0.113. The molecule has 1 aromatic carbocycles. The summed E-state index contributed by atoms with van der Waals surface area (Å²) < 4.78 is 29.4. The number of carbonyl (C=O) groups is 1. The van der Waals surface area contributed by atoms with Crippen molar-refractivity contribution in [3.8, 4) is 34.1 Å². The highest BCUT2D eigenvalue weighted by molar-refractivity contribution is 7.47. The molecule has 224 valence electrons. The van der Waals surface area contributed by atoms with E-state index in [1.165, 1.54) is 17.2 Å². The van der Waals surface area contributed by atoms with Crippen LogP contribution in [0, 0.1) is 11.3 Å². The number of nitriles is 1. The third-order valence-corrected chi connectivity index (χ3v) is 7.49. The van der Waals surface area contributed by atoms with Crippen LogP contribution in [0.5, 0.6) is 5.75 Å². The minimum Gasteiger partial charge on any atom is -0.497 e. The molecule has 12 nitrogen and oxygen atoms in total. The number of likely N-dealkylation sites (N-methyl/N-ethyl adjacent to an activating group) is 2. The zero-order valence-electron chi connectivity index (χ0n) is 24.6. The minimum atomic E-state index is -4.27. The van der Waals surface area contributed by atoms with Gasteiger partial charge in [-0.1, -0.05) is 6.08 Å². The predicted molar refractivity (Wildman–Crippen MR) is 163 cm³/mol. The van der Waals surface area contributed by atoms with E-state index in [-0.39, 0.29) is 24.9 Å². The number of nitrogens with zero attached hydrogens (tertiary/aromatic N) is 6. The fourth-order valence-corrected chi connectivity index (χ4v) is 4.99. The predicted octanol–water partition coefficient (Wildman–Crippen LogP) is 4.84. The Morgan fingerprint density at radius 1 is 1.12 bits per heavy atom. The maximum absolute atomic E-state index is 12.9. The van der Waals surface area contributed by atoms with Crippen molar-refractivity contribution in [1.82, 2.24) is 19.4 Å². The van der Waals surface area contributed by atoms with Gasteiger partial charge in [-0.25, -0.2) is 14.5 Å². The van der Waals surface area contributed by atoms with Crippen molar-refractivity contribution in [3.05, 3.63) is 72.8 Å². The number of carbonyl (C=O) groups excluding carboxylic acids is 1. The molecule has 0 aliphatic heterocycles. The maximum Gasteiger partial charge on any atom is 0.473 e. The number of phosphoric ester groups is 1. The van der Waals surface area contributed by atoms with Crippen molar-refractivity contribution in [1.29, 1.82) is 5.26 Å². The largest absolute Gasteiger partial charge is 0.497 e. The molecule has 0 saturated carbocycles. The molecule has 0 saturated heterocycles. The average molecular weight is 605 g/mol. The molecule has 0 aliphatic rings. The summed E-state index contributed by atoms with van der Waals surface area (Å²) in [6.07, 6.45) is 8.26. The van der Waals surface area contributed by atoms with E-state index < -0.39 is 7.82 Å². The third kappa shape index (κ3) is 7.73. The zero-order chi connectivity index (χ0) is 31.1. The van der Waals surface area contributed by atoms with Crippen LogP contribution in [0.1, 0.15) is 12.6 Å². The van der Waals surface area contributed by atoms with E-state index in [1.807, 2.05) is 43.3 Å². The number of methoxy groups -OCH3 is 1. The molecule has 3 aromatic heterocycles. The number of anilines is 1. The number of pyridine rings is 2. The molecule has 1 N–H and O–H groups in total. The van der Waals surface area contributed by atoms with E-state index in [9.17, 15) is 19.5 Å². The molecule has 0 bridgehead atoms. The molecule has 0 fully saturated rings. The van der Waals surface area contributed by atoms with Crippen molar-refractivity contribution in [2.24, 2.45) is 0 Å². The summed E-state index contributed by atoms with van der Waals surface area (Å²) in [6.45, 7) is 1.94. The summed E-state index contributed by atoms with van der Waals surface area (Å²) in [5.74, 6) is 0.367. The van der Waals surface area contributed by atoms with Gasteiger partial charge in [0.2, 0.25) is 5.91 Å². The summed E-state index contributed by atoms with van der Waals surface area (Å²) in [5.41, 5.74) is 4.23. The molecule has 4 rings (SSSR count). The molecule has 1 unspecified atom stereocenters. The Labute approximate surface area is 250 Å². The third-order valence-electron chi connectivity index (χ3n) is 6.46. The number of amides is 1. The molecule has 0 aliphatic carbocycles. The van der Waals surface area contributed by atoms with Crippen molar-refractivity contribution in [3.63, 3.8) is 0 Å². The van der Waals surface area contributed by atoms with Crippen LogP contribution in [-0.2, 0) is 25.1 Å². The van der Waals surface area contributed by atoms with Crippen LogP contribution in [0.25, 0.3) is 33.3 Å². The Morgan fingerprint density at radius 2 is 1.91 bits per heavy atom. The Balaban J connectivity index is 1.80. The SMILES string of the molecule is CCOP(=O)(O)OCn1cc(-c2ccnc(C#N)c2)c2cc(-c3cc(OC)cc(N(C)C(=O)C=CCN(C)C)c3)cnc21. The zero-order valence-corrected chi connectivity index (χ0v) is 25.5. The smallest absolute Gasteiger partial charge is 0.473 e. The van der Waals surface area contributed by atoms with Crippen molar-refractivity contribution >= 4 is 30.5 Å². The van der Waals surface area contributed by atoms with Gasteiger partial charge in [-0.3, -0.25) is 13.8 Å². The van der Waals surface area contributed by atoms with Gasteiger partial charge in [0.25, 0.3) is 0 Å². The lowest BCUT2D eigenvalue weighted by Crippen LogP contribution is -2.24. The van der Waals surface area contributed by atoms with Crippen LogP contribution in [0.15, 0.2) is 67.1 Å². The van der Waals surface area contributed by atoms with E-state index in [0.717, 1.165) is 11.1 Å². The second-order valence-electron chi connectivity index (χ2n) is 9.78. The van der Waals surface area contributed by atoms with Gasteiger partial charge >= 0.3 is 7.82 Å². The topological polar surface area (TPSA) is 143 Å². The fourth-order valence-electron chi connectivity index (χ4n) is 4.32. The number of aromatic nitrogens is 3. The Morgan fingerprint density at radius 3 is 2.60 bits per heavy atom. The molecule has 4 aromatic rings. The summed E-state index contributed by atoms with van der Waals surface area (Å²) in [4.78, 5) is 35.0.